The van der Waals surface area contributed by atoms with Gasteiger partial charge in [-0.3, -0.25) is 19.2 Å². The molecule has 2 fully saturated rings. The van der Waals surface area contributed by atoms with E-state index in [0.29, 0.717) is 6.54 Å². The number of rotatable bonds is 6. The molecule has 0 amide bonds. The van der Waals surface area contributed by atoms with Gasteiger partial charge in [0.25, 0.3) is 5.69 Å². The number of benzene rings is 2. The molecule has 34 heavy (non-hydrogen) atoms. The Morgan fingerprint density at radius 1 is 1.00 bits per heavy atom. The molecule has 0 N–H and O–H groups in total. The SMILES string of the molecule is BC1(B)CN1P(=O)(OC(B)(c1ccc([N+](=O)[O-])c2ccccc12)C(F)(F)F)N1C(B)(B)C1(B)B. The van der Waals surface area contributed by atoms with E-state index in [1.807, 2.05) is 31.4 Å². The summed E-state index contributed by atoms with van der Waals surface area (Å²) >= 11 is 0. The second-order valence-electron chi connectivity index (χ2n) is 10.8. The lowest BCUT2D eigenvalue weighted by atomic mass is 9.49. The van der Waals surface area contributed by atoms with Gasteiger partial charge in [0.1, 0.15) is 47.1 Å². The van der Waals surface area contributed by atoms with Gasteiger partial charge >= 0.3 is 13.8 Å². The third kappa shape index (κ3) is 3.45. The molecule has 2 aromatic rings. The maximum Gasteiger partial charge on any atom is 0.413 e. The van der Waals surface area contributed by atoms with Crippen molar-refractivity contribution in [2.45, 2.75) is 27.7 Å². The average Bonchev–Trinajstić information content (AvgIpc) is 3.46. The largest absolute Gasteiger partial charge is 0.413 e. The van der Waals surface area contributed by atoms with Crippen LogP contribution >= 0.6 is 7.67 Å². The molecule has 18 heteroatoms. The Balaban J connectivity index is 1.94. The molecule has 2 heterocycles. The molecule has 0 aliphatic carbocycles. The Morgan fingerprint density at radius 3 is 1.91 bits per heavy atom. The molecule has 7 nitrogen and oxygen atoms in total. The quantitative estimate of drug-likeness (QED) is 0.140. The summed E-state index contributed by atoms with van der Waals surface area (Å²) in [5, 5.41) is 9.67. The van der Waals surface area contributed by atoms with Gasteiger partial charge in [0.2, 0.25) is 0 Å². The lowest BCUT2D eigenvalue weighted by Crippen LogP contribution is -2.46. The minimum Gasteiger partial charge on any atom is -0.295 e. The van der Waals surface area contributed by atoms with Crippen molar-refractivity contribution in [2.24, 2.45) is 0 Å². The van der Waals surface area contributed by atoms with Gasteiger partial charge < -0.3 is 0 Å². The Hall–Kier alpha value is -1.55. The van der Waals surface area contributed by atoms with E-state index in [-0.39, 0.29) is 22.0 Å². The monoisotopic (exact) mass is 485 g/mol. The van der Waals surface area contributed by atoms with Gasteiger partial charge in [-0.25, -0.2) is 9.34 Å². The summed E-state index contributed by atoms with van der Waals surface area (Å²) in [7, 11) is 7.58. The molecule has 0 bridgehead atoms. The molecule has 2 aliphatic rings. The van der Waals surface area contributed by atoms with Crippen molar-refractivity contribution in [1.82, 2.24) is 9.34 Å². The predicted octanol–water partition coefficient (Wildman–Crippen LogP) is -3.39. The number of hydrogen-bond donors (Lipinski definition) is 0. The highest BCUT2D eigenvalue weighted by molar-refractivity contribution is 7.55. The first-order valence-corrected chi connectivity index (χ1v) is 12.5. The van der Waals surface area contributed by atoms with Crippen LogP contribution in [0, 0.1) is 10.1 Å². The van der Waals surface area contributed by atoms with Crippen molar-refractivity contribution >= 4 is 79.1 Å². The Kier molecular flexibility index (Phi) is 5.44. The first-order valence-electron chi connectivity index (χ1n) is 11.0. The number of fused-ring (bicyclic) bond motifs is 1. The molecule has 2 aliphatic heterocycles. The van der Waals surface area contributed by atoms with E-state index in [9.17, 15) is 27.9 Å². The first kappa shape index (κ1) is 25.5. The van der Waals surface area contributed by atoms with Crippen molar-refractivity contribution < 1.29 is 27.2 Å². The highest BCUT2D eigenvalue weighted by atomic mass is 31.2. The van der Waals surface area contributed by atoms with Gasteiger partial charge in [-0.2, -0.15) is 13.2 Å². The number of non-ortho nitro benzene ring substituents is 1. The molecule has 3 unspecified atom stereocenters. The first-order chi connectivity index (χ1) is 15.3. The third-order valence-corrected chi connectivity index (χ3v) is 11.1. The van der Waals surface area contributed by atoms with Crippen LogP contribution in [0.2, 0.25) is 0 Å². The number of halogens is 3. The Morgan fingerprint density at radius 2 is 1.50 bits per heavy atom. The van der Waals surface area contributed by atoms with Crippen LogP contribution in [0.25, 0.3) is 10.8 Å². The smallest absolute Gasteiger partial charge is 0.295 e. The van der Waals surface area contributed by atoms with E-state index in [4.69, 9.17) is 4.52 Å². The lowest BCUT2D eigenvalue weighted by molar-refractivity contribution is -0.383. The minimum atomic E-state index is -4.97. The molecule has 2 saturated heterocycles. The van der Waals surface area contributed by atoms with Crippen molar-refractivity contribution in [2.75, 3.05) is 6.54 Å². The van der Waals surface area contributed by atoms with Gasteiger partial charge in [-0.1, -0.05) is 18.2 Å². The van der Waals surface area contributed by atoms with E-state index in [0.717, 1.165) is 20.0 Å². The van der Waals surface area contributed by atoms with Crippen LogP contribution in [0.3, 0.4) is 0 Å². The second kappa shape index (κ2) is 7.25. The maximum absolute atomic E-state index is 14.8. The fraction of sp³-hybridized carbons (Fsp3) is 0.375. The zero-order valence-corrected chi connectivity index (χ0v) is 21.1. The average molecular weight is 484 g/mol. The van der Waals surface area contributed by atoms with Crippen molar-refractivity contribution in [3.63, 3.8) is 0 Å². The topological polar surface area (TPSA) is 75.5 Å². The molecule has 4 rings (SSSR count). The summed E-state index contributed by atoms with van der Waals surface area (Å²) < 4.78 is 67.9. The molecule has 0 spiro atoms. The van der Waals surface area contributed by atoms with Gasteiger partial charge in [0, 0.05) is 12.6 Å². The molecule has 3 atom stereocenters. The Bertz CT molecular complexity index is 1250. The van der Waals surface area contributed by atoms with Crippen LogP contribution in [0.4, 0.5) is 18.9 Å². The normalized spacial score (nSPS) is 26.3. The number of nitrogens with zero attached hydrogens (tertiary/aromatic N) is 3. The van der Waals surface area contributed by atoms with Gasteiger partial charge in [0.15, 0.2) is 13.3 Å². The second-order valence-corrected chi connectivity index (χ2v) is 12.9. The number of nitro benzene ring substituents is 1. The molecular formula is C16H22B7F3N3O4P. The molecule has 0 radical (unpaired) electrons. The van der Waals surface area contributed by atoms with Crippen molar-refractivity contribution in [3.8, 4) is 0 Å². The number of nitro groups is 1. The molecule has 0 saturated carbocycles. The van der Waals surface area contributed by atoms with Gasteiger partial charge in [-0.05, 0) is 39.1 Å². The summed E-state index contributed by atoms with van der Waals surface area (Å²) in [6, 6.07) is 7.93. The molecule has 172 valence electrons. The van der Waals surface area contributed by atoms with E-state index >= 15 is 0 Å². The van der Waals surface area contributed by atoms with Crippen LogP contribution in [-0.2, 0) is 14.6 Å². The van der Waals surface area contributed by atoms with Crippen molar-refractivity contribution in [1.29, 1.82) is 0 Å². The fourth-order valence-corrected chi connectivity index (χ4v) is 8.83. The Labute approximate surface area is 202 Å². The van der Waals surface area contributed by atoms with Crippen molar-refractivity contribution in [3.05, 3.63) is 52.1 Å². The van der Waals surface area contributed by atoms with Crippen LogP contribution in [0.15, 0.2) is 36.4 Å². The predicted molar refractivity (Wildman–Crippen MR) is 144 cm³/mol. The molecule has 0 aromatic heterocycles. The summed E-state index contributed by atoms with van der Waals surface area (Å²) in [5.74, 6) is 0. The van der Waals surface area contributed by atoms with E-state index in [2.05, 4.69) is 0 Å². The van der Waals surface area contributed by atoms with Gasteiger partial charge in [-0.15, -0.1) is 0 Å². The number of hydrogen-bond acceptors (Lipinski definition) is 4. The van der Waals surface area contributed by atoms with Crippen LogP contribution in [-0.4, -0.2) is 97.9 Å². The lowest BCUT2D eigenvalue weighted by Gasteiger charge is -2.39. The third-order valence-electron chi connectivity index (χ3n) is 7.65. The summed E-state index contributed by atoms with van der Waals surface area (Å²) in [6.45, 7) is 0.321. The van der Waals surface area contributed by atoms with E-state index in [1.165, 1.54) is 28.9 Å². The van der Waals surface area contributed by atoms with Crippen LogP contribution in [0.5, 0.6) is 0 Å². The summed E-state index contributed by atoms with van der Waals surface area (Å²) in [6.07, 6.45) is -4.97. The molecule has 2 aromatic carbocycles. The van der Waals surface area contributed by atoms with Gasteiger partial charge in [0.05, 0.1) is 10.3 Å². The highest BCUT2D eigenvalue weighted by Crippen LogP contribution is 2.75. The molecular weight excluding hydrogens is 462 g/mol. The number of alkyl halides is 3. The van der Waals surface area contributed by atoms with E-state index in [1.54, 1.807) is 20.4 Å². The fourth-order valence-electron chi connectivity index (χ4n) is 4.84. The minimum absolute atomic E-state index is 0.0254. The maximum atomic E-state index is 14.8. The van der Waals surface area contributed by atoms with Crippen LogP contribution in [0.1, 0.15) is 5.56 Å². The van der Waals surface area contributed by atoms with E-state index < -0.39 is 40.3 Å². The standard InChI is InChI=1S/C16H22B7F3N3O4P/c17-12(18)7-27(12)34(32,29-14(20,21)15(29,22)23)33-13(19,16(24,25)26)10-5-6-11(28(30)31)9-4-2-1-3-8(9)10/h1-6H,7,17-23H2. The summed E-state index contributed by atoms with van der Waals surface area (Å²) in [4.78, 5) is 10.9. The highest BCUT2D eigenvalue weighted by Gasteiger charge is 2.75. The zero-order chi connectivity index (χ0) is 25.7. The zero-order valence-electron chi connectivity index (χ0n) is 20.2. The van der Waals surface area contributed by atoms with Crippen LogP contribution < -0.4 is 0 Å². The summed E-state index contributed by atoms with van der Waals surface area (Å²) in [5.41, 5.74) is -3.63.